The van der Waals surface area contributed by atoms with Crippen LogP contribution in [0.5, 0.6) is 11.5 Å². The van der Waals surface area contributed by atoms with E-state index >= 15 is 0 Å². The summed E-state index contributed by atoms with van der Waals surface area (Å²) >= 11 is 0. The smallest absolute Gasteiger partial charge is 0.354 e. The predicted octanol–water partition coefficient (Wildman–Crippen LogP) is 3.74. The van der Waals surface area contributed by atoms with Crippen LogP contribution in [-0.4, -0.2) is 26.2 Å². The Morgan fingerprint density at radius 2 is 1.65 bits per heavy atom. The van der Waals surface area contributed by atoms with E-state index in [1.54, 1.807) is 24.3 Å². The van der Waals surface area contributed by atoms with Crippen LogP contribution in [0.25, 0.3) is 0 Å². The zero-order valence-corrected chi connectivity index (χ0v) is 15.2. The Balaban J connectivity index is 2.15. The van der Waals surface area contributed by atoms with Gasteiger partial charge in [0, 0.05) is 5.69 Å². The van der Waals surface area contributed by atoms with Crippen molar-refractivity contribution in [3.8, 4) is 11.5 Å². The number of ether oxygens (including phenoxy) is 3. The average molecular weight is 355 g/mol. The van der Waals surface area contributed by atoms with Gasteiger partial charge in [0.2, 0.25) is 0 Å². The molecular formula is C20H21NO5. The van der Waals surface area contributed by atoms with Gasteiger partial charge in [0.25, 0.3) is 0 Å². The normalized spacial score (nSPS) is 10.8. The molecule has 0 heterocycles. The third-order valence-corrected chi connectivity index (χ3v) is 3.78. The van der Waals surface area contributed by atoms with Crippen molar-refractivity contribution in [2.24, 2.45) is 0 Å². The van der Waals surface area contributed by atoms with E-state index in [0.717, 1.165) is 23.0 Å². The van der Waals surface area contributed by atoms with Crippen LogP contribution in [-0.2, 0) is 19.1 Å². The molecule has 0 bridgehead atoms. The molecule has 0 radical (unpaired) electrons. The molecule has 0 fully saturated rings. The van der Waals surface area contributed by atoms with E-state index in [4.69, 9.17) is 4.74 Å². The van der Waals surface area contributed by atoms with Crippen LogP contribution < -0.4 is 10.1 Å². The number of anilines is 1. The fraction of sp³-hybridized carbons (Fsp3) is 0.200. The van der Waals surface area contributed by atoms with E-state index in [9.17, 15) is 9.59 Å². The molecule has 26 heavy (non-hydrogen) atoms. The maximum Gasteiger partial charge on any atom is 0.354 e. The molecular weight excluding hydrogens is 334 g/mol. The van der Waals surface area contributed by atoms with Crippen molar-refractivity contribution in [2.45, 2.75) is 13.8 Å². The third-order valence-electron chi connectivity index (χ3n) is 3.78. The molecule has 0 spiro atoms. The first-order chi connectivity index (χ1) is 12.4. The first-order valence-corrected chi connectivity index (χ1v) is 7.93. The van der Waals surface area contributed by atoms with Crippen LogP contribution >= 0.6 is 0 Å². The van der Waals surface area contributed by atoms with Crippen LogP contribution in [0.4, 0.5) is 5.69 Å². The summed E-state index contributed by atoms with van der Waals surface area (Å²) in [6.07, 6.45) is 1.03. The lowest BCUT2D eigenvalue weighted by Gasteiger charge is -2.12. The number of esters is 2. The summed E-state index contributed by atoms with van der Waals surface area (Å²) in [7, 11) is 2.46. The van der Waals surface area contributed by atoms with Gasteiger partial charge >= 0.3 is 11.9 Å². The number of methoxy groups -OCH3 is 2. The molecule has 136 valence electrons. The van der Waals surface area contributed by atoms with Gasteiger partial charge in [0.15, 0.2) is 0 Å². The highest BCUT2D eigenvalue weighted by Gasteiger charge is 2.13. The van der Waals surface area contributed by atoms with Crippen molar-refractivity contribution >= 4 is 17.6 Å². The van der Waals surface area contributed by atoms with Crippen molar-refractivity contribution in [3.05, 3.63) is 65.4 Å². The van der Waals surface area contributed by atoms with Gasteiger partial charge < -0.3 is 19.5 Å². The zero-order valence-electron chi connectivity index (χ0n) is 15.2. The molecule has 0 aromatic heterocycles. The molecule has 1 N–H and O–H groups in total. The lowest BCUT2D eigenvalue weighted by Crippen LogP contribution is -2.15. The molecule has 2 rings (SSSR count). The van der Waals surface area contributed by atoms with Crippen molar-refractivity contribution < 1.29 is 23.8 Å². The Bertz CT molecular complexity index is 825. The summed E-state index contributed by atoms with van der Waals surface area (Å²) in [5.74, 6) is 0.103. The van der Waals surface area contributed by atoms with Gasteiger partial charge in [-0.05, 0) is 55.3 Å². The topological polar surface area (TPSA) is 73.9 Å². The van der Waals surface area contributed by atoms with Crippen LogP contribution in [0.15, 0.2) is 54.2 Å². The second-order valence-corrected chi connectivity index (χ2v) is 5.52. The van der Waals surface area contributed by atoms with Crippen LogP contribution in [0.2, 0.25) is 0 Å². The molecule has 0 unspecified atom stereocenters. The number of carbonyl (C=O) groups excluding carboxylic acids is 2. The minimum absolute atomic E-state index is 0.0254. The lowest BCUT2D eigenvalue weighted by atomic mass is 10.1. The molecule has 0 saturated carbocycles. The fourth-order valence-electron chi connectivity index (χ4n) is 2.16. The van der Waals surface area contributed by atoms with Crippen LogP contribution in [0, 0.1) is 13.8 Å². The van der Waals surface area contributed by atoms with Gasteiger partial charge in [-0.1, -0.05) is 12.1 Å². The Morgan fingerprint density at radius 3 is 2.27 bits per heavy atom. The van der Waals surface area contributed by atoms with Gasteiger partial charge in [-0.2, -0.15) is 0 Å². The largest absolute Gasteiger partial charge is 0.466 e. The number of benzene rings is 2. The van der Waals surface area contributed by atoms with Gasteiger partial charge in [0.05, 0.1) is 20.3 Å². The first kappa shape index (κ1) is 19.1. The monoisotopic (exact) mass is 355 g/mol. The number of rotatable bonds is 6. The van der Waals surface area contributed by atoms with E-state index in [1.807, 2.05) is 32.0 Å². The highest BCUT2D eigenvalue weighted by molar-refractivity contribution is 5.98. The number of nitrogens with one attached hydrogen (secondary N) is 1. The number of hydrogen-bond donors (Lipinski definition) is 1. The summed E-state index contributed by atoms with van der Waals surface area (Å²) in [5.41, 5.74) is 2.79. The maximum atomic E-state index is 11.8. The fourth-order valence-corrected chi connectivity index (χ4v) is 2.16. The predicted molar refractivity (Wildman–Crippen MR) is 98.2 cm³/mol. The van der Waals surface area contributed by atoms with E-state index in [0.29, 0.717) is 11.4 Å². The zero-order chi connectivity index (χ0) is 19.1. The minimum atomic E-state index is -0.675. The second-order valence-electron chi connectivity index (χ2n) is 5.52. The third kappa shape index (κ3) is 4.86. The van der Waals surface area contributed by atoms with Crippen molar-refractivity contribution in [1.82, 2.24) is 0 Å². The Kier molecular flexibility index (Phi) is 6.38. The number of carbonyl (C=O) groups is 2. The molecule has 6 heteroatoms. The number of hydrogen-bond acceptors (Lipinski definition) is 6. The van der Waals surface area contributed by atoms with E-state index in [1.165, 1.54) is 14.2 Å². The number of aryl methyl sites for hydroxylation is 1. The van der Waals surface area contributed by atoms with Crippen molar-refractivity contribution in [3.63, 3.8) is 0 Å². The highest BCUT2D eigenvalue weighted by atomic mass is 16.5. The summed E-state index contributed by atoms with van der Waals surface area (Å²) in [4.78, 5) is 23.1. The lowest BCUT2D eigenvalue weighted by molar-refractivity contribution is -0.138. The molecule has 0 aliphatic rings. The van der Waals surface area contributed by atoms with Gasteiger partial charge in [-0.3, -0.25) is 0 Å². The Labute approximate surface area is 152 Å². The quantitative estimate of drug-likeness (QED) is 0.629. The molecule has 0 aliphatic carbocycles. The average Bonchev–Trinajstić information content (AvgIpc) is 2.65. The molecule has 0 aliphatic heterocycles. The highest BCUT2D eigenvalue weighted by Crippen LogP contribution is 2.27. The van der Waals surface area contributed by atoms with Gasteiger partial charge in [0.1, 0.15) is 17.2 Å². The van der Waals surface area contributed by atoms with E-state index in [2.05, 4.69) is 14.8 Å². The summed E-state index contributed by atoms with van der Waals surface area (Å²) in [6, 6.07) is 12.9. The molecule has 0 atom stereocenters. The Morgan fingerprint density at radius 1 is 0.962 bits per heavy atom. The standard InChI is InChI=1S/C20H21NO5/c1-13-6-5-7-18(14(13)2)26-16-10-8-15(9-11-16)21-17(20(23)25-4)12-19(22)24-3/h5-12,21H,1-4H3/b17-12+. The molecule has 2 aromatic rings. The van der Waals surface area contributed by atoms with Crippen LogP contribution in [0.1, 0.15) is 11.1 Å². The summed E-state index contributed by atoms with van der Waals surface area (Å²) in [5, 5.41) is 2.84. The van der Waals surface area contributed by atoms with E-state index < -0.39 is 11.9 Å². The minimum Gasteiger partial charge on any atom is -0.466 e. The van der Waals surface area contributed by atoms with Crippen molar-refractivity contribution in [1.29, 1.82) is 0 Å². The molecule has 2 aromatic carbocycles. The molecule has 0 saturated heterocycles. The van der Waals surface area contributed by atoms with Crippen molar-refractivity contribution in [2.75, 3.05) is 19.5 Å². The second kappa shape index (κ2) is 8.71. The summed E-state index contributed by atoms with van der Waals surface area (Å²) < 4.78 is 15.1. The molecule has 0 amide bonds. The van der Waals surface area contributed by atoms with E-state index in [-0.39, 0.29) is 5.70 Å². The SMILES string of the molecule is COC(=O)/C=C(/Nc1ccc(Oc2cccc(C)c2C)cc1)C(=O)OC. The van der Waals surface area contributed by atoms with Gasteiger partial charge in [-0.25, -0.2) is 9.59 Å². The maximum absolute atomic E-state index is 11.8. The molecule has 6 nitrogen and oxygen atoms in total. The van der Waals surface area contributed by atoms with Gasteiger partial charge in [-0.15, -0.1) is 0 Å². The summed E-state index contributed by atoms with van der Waals surface area (Å²) in [6.45, 7) is 4.03. The first-order valence-electron chi connectivity index (χ1n) is 7.93. The van der Waals surface area contributed by atoms with Crippen LogP contribution in [0.3, 0.4) is 0 Å². The Hall–Kier alpha value is -3.28.